The topological polar surface area (TPSA) is 8.17 Å². The van der Waals surface area contributed by atoms with Crippen molar-refractivity contribution >= 4 is 55.7 Å². The van der Waals surface area contributed by atoms with Gasteiger partial charge in [-0.2, -0.15) is 0 Å². The number of aromatic nitrogens is 1. The molecule has 2 nitrogen and oxygen atoms in total. The maximum absolute atomic E-state index is 4.01. The average molecular weight is 719 g/mol. The highest BCUT2D eigenvalue weighted by Crippen LogP contribution is 2.42. The van der Waals surface area contributed by atoms with Gasteiger partial charge in [0.2, 0.25) is 0 Å². The molecule has 0 amide bonds. The fourth-order valence-corrected chi connectivity index (χ4v) is 7.37. The van der Waals surface area contributed by atoms with E-state index in [4.69, 9.17) is 0 Å². The molecule has 55 heavy (non-hydrogen) atoms. The second-order valence-electron chi connectivity index (χ2n) is 14.8. The summed E-state index contributed by atoms with van der Waals surface area (Å²) in [5.41, 5.74) is 10.8. The standard InChI is InChI=1S/C44H32N2.C7H16.C2H6/c1-2-3-18-40-43(23-13-24-44(40)46-41-21-11-9-19-38(41)39-20-10-12-22-42(39)46)45(36-16-5-4-6-17-36)37-29-27-33(28-30-37)35-26-25-32-14-7-8-15-34(32)31-35;1-5-6-7(2,3)4;1-2/h2-31H,1H2;5-6H2,1-4H3;1-2H3/b18-3-;;. The summed E-state index contributed by atoms with van der Waals surface area (Å²) in [7, 11) is 0. The third kappa shape index (κ3) is 8.66. The van der Waals surface area contributed by atoms with Gasteiger partial charge in [-0.3, -0.25) is 0 Å². The molecular weight excluding hydrogens is 665 g/mol. The van der Waals surface area contributed by atoms with Gasteiger partial charge in [0.1, 0.15) is 0 Å². The molecule has 8 rings (SSSR count). The van der Waals surface area contributed by atoms with Crippen molar-refractivity contribution in [2.75, 3.05) is 4.90 Å². The predicted molar refractivity (Wildman–Crippen MR) is 243 cm³/mol. The molecule has 0 atom stereocenters. The van der Waals surface area contributed by atoms with Gasteiger partial charge >= 0.3 is 0 Å². The fraction of sp³-hybridized carbons (Fsp3) is 0.170. The zero-order valence-corrected chi connectivity index (χ0v) is 33.3. The molecule has 8 aromatic rings. The molecule has 2 heteroatoms. The summed E-state index contributed by atoms with van der Waals surface area (Å²) >= 11 is 0. The molecule has 0 spiro atoms. The second-order valence-corrected chi connectivity index (χ2v) is 14.8. The van der Waals surface area contributed by atoms with Crippen molar-refractivity contribution in [2.24, 2.45) is 5.41 Å². The fourth-order valence-electron chi connectivity index (χ4n) is 7.37. The van der Waals surface area contributed by atoms with E-state index < -0.39 is 0 Å². The smallest absolute Gasteiger partial charge is 0.0555 e. The quantitative estimate of drug-likeness (QED) is 0.142. The molecule has 0 aliphatic rings. The number of hydrogen-bond acceptors (Lipinski definition) is 1. The second kappa shape index (κ2) is 17.8. The van der Waals surface area contributed by atoms with Crippen LogP contribution in [0.2, 0.25) is 0 Å². The van der Waals surface area contributed by atoms with E-state index in [1.807, 2.05) is 26.0 Å². The summed E-state index contributed by atoms with van der Waals surface area (Å²) in [6.07, 6.45) is 8.71. The van der Waals surface area contributed by atoms with Crippen LogP contribution in [0.1, 0.15) is 59.9 Å². The number of nitrogens with zero attached hydrogens (tertiary/aromatic N) is 2. The summed E-state index contributed by atoms with van der Waals surface area (Å²) in [5.74, 6) is 0. The molecule has 1 aromatic heterocycles. The van der Waals surface area contributed by atoms with Crippen LogP contribution in [0, 0.1) is 5.41 Å². The Hall–Kier alpha value is -6.12. The molecule has 0 radical (unpaired) electrons. The van der Waals surface area contributed by atoms with Crippen molar-refractivity contribution < 1.29 is 0 Å². The highest BCUT2D eigenvalue weighted by Gasteiger charge is 2.20. The van der Waals surface area contributed by atoms with Crippen LogP contribution in [-0.2, 0) is 0 Å². The third-order valence-corrected chi connectivity index (χ3v) is 9.74. The minimum absolute atomic E-state index is 0.550. The molecule has 0 fully saturated rings. The number of anilines is 3. The van der Waals surface area contributed by atoms with Crippen molar-refractivity contribution in [2.45, 2.75) is 54.4 Å². The first kappa shape index (κ1) is 38.6. The van der Waals surface area contributed by atoms with Crippen LogP contribution in [0.25, 0.3) is 55.5 Å². The maximum Gasteiger partial charge on any atom is 0.0555 e. The van der Waals surface area contributed by atoms with Crippen LogP contribution >= 0.6 is 0 Å². The first-order valence-corrected chi connectivity index (χ1v) is 19.7. The normalized spacial score (nSPS) is 11.2. The number of para-hydroxylation sites is 3. The molecule has 0 aliphatic heterocycles. The first-order chi connectivity index (χ1) is 26.9. The summed E-state index contributed by atoms with van der Waals surface area (Å²) in [5, 5.41) is 4.98. The van der Waals surface area contributed by atoms with Gasteiger partial charge in [-0.05, 0) is 88.3 Å². The van der Waals surface area contributed by atoms with Gasteiger partial charge in [-0.1, -0.05) is 182 Å². The van der Waals surface area contributed by atoms with E-state index in [9.17, 15) is 0 Å². The monoisotopic (exact) mass is 718 g/mol. The van der Waals surface area contributed by atoms with E-state index in [1.165, 1.54) is 56.5 Å². The van der Waals surface area contributed by atoms with E-state index >= 15 is 0 Å². The molecule has 0 saturated carbocycles. The Labute approximate surface area is 328 Å². The van der Waals surface area contributed by atoms with Gasteiger partial charge in [-0.25, -0.2) is 0 Å². The zero-order valence-electron chi connectivity index (χ0n) is 33.3. The van der Waals surface area contributed by atoms with Crippen molar-refractivity contribution in [1.82, 2.24) is 4.57 Å². The van der Waals surface area contributed by atoms with Crippen molar-refractivity contribution in [3.8, 4) is 16.8 Å². The molecule has 0 unspecified atom stereocenters. The molecule has 0 N–H and O–H groups in total. The molecular formula is C53H54N2. The van der Waals surface area contributed by atoms with Crippen LogP contribution in [0.4, 0.5) is 17.1 Å². The summed E-state index contributed by atoms with van der Waals surface area (Å²) in [6.45, 7) is 17.1. The van der Waals surface area contributed by atoms with E-state index in [0.717, 1.165) is 28.3 Å². The number of hydrogen-bond donors (Lipinski definition) is 0. The Balaban J connectivity index is 0.000000517. The van der Waals surface area contributed by atoms with Crippen molar-refractivity contribution in [3.63, 3.8) is 0 Å². The molecule has 0 saturated heterocycles. The van der Waals surface area contributed by atoms with Gasteiger partial charge < -0.3 is 9.47 Å². The van der Waals surface area contributed by atoms with Gasteiger partial charge in [-0.15, -0.1) is 0 Å². The molecule has 0 bridgehead atoms. The van der Waals surface area contributed by atoms with Crippen LogP contribution < -0.4 is 4.90 Å². The number of allylic oxidation sites excluding steroid dienone is 2. The maximum atomic E-state index is 4.01. The van der Waals surface area contributed by atoms with Gasteiger partial charge in [0.25, 0.3) is 0 Å². The average Bonchev–Trinajstić information content (AvgIpc) is 3.55. The lowest BCUT2D eigenvalue weighted by Crippen LogP contribution is -2.12. The Morgan fingerprint density at radius 1 is 0.582 bits per heavy atom. The van der Waals surface area contributed by atoms with Crippen molar-refractivity contribution in [1.29, 1.82) is 0 Å². The number of benzene rings is 7. The number of fused-ring (bicyclic) bond motifs is 4. The Morgan fingerprint density at radius 3 is 1.75 bits per heavy atom. The summed E-state index contributed by atoms with van der Waals surface area (Å²) < 4.78 is 2.39. The van der Waals surface area contributed by atoms with Crippen LogP contribution in [0.15, 0.2) is 183 Å². The minimum Gasteiger partial charge on any atom is -0.310 e. The predicted octanol–water partition coefficient (Wildman–Crippen LogP) is 16.1. The Bertz CT molecular complexity index is 2460. The lowest BCUT2D eigenvalue weighted by Gasteiger charge is -2.28. The van der Waals surface area contributed by atoms with E-state index in [1.54, 1.807) is 0 Å². The van der Waals surface area contributed by atoms with E-state index in [-0.39, 0.29) is 0 Å². The largest absolute Gasteiger partial charge is 0.310 e. The van der Waals surface area contributed by atoms with Gasteiger partial charge in [0, 0.05) is 27.7 Å². The lowest BCUT2D eigenvalue weighted by atomic mass is 9.91. The van der Waals surface area contributed by atoms with Crippen LogP contribution in [0.5, 0.6) is 0 Å². The SMILES string of the molecule is C=C/C=C\c1c(N(c2ccccc2)c2ccc(-c3ccc4ccccc4c3)cc2)cccc1-n1c2ccccc2c2ccccc21.CC.CCCC(C)(C)C. The molecule has 1 heterocycles. The first-order valence-electron chi connectivity index (χ1n) is 19.7. The minimum atomic E-state index is 0.550. The third-order valence-electron chi connectivity index (χ3n) is 9.74. The van der Waals surface area contributed by atoms with Crippen LogP contribution in [-0.4, -0.2) is 4.57 Å². The van der Waals surface area contributed by atoms with Gasteiger partial charge in [0.05, 0.1) is 22.4 Å². The van der Waals surface area contributed by atoms with Crippen LogP contribution in [0.3, 0.4) is 0 Å². The molecule has 7 aromatic carbocycles. The number of rotatable bonds is 8. The summed E-state index contributed by atoms with van der Waals surface area (Å²) in [6, 6.07) is 58.6. The van der Waals surface area contributed by atoms with E-state index in [0.29, 0.717) is 5.41 Å². The Morgan fingerprint density at radius 2 is 1.15 bits per heavy atom. The Kier molecular flexibility index (Phi) is 12.5. The molecule has 276 valence electrons. The summed E-state index contributed by atoms with van der Waals surface area (Å²) in [4.78, 5) is 2.35. The highest BCUT2D eigenvalue weighted by atomic mass is 15.1. The lowest BCUT2D eigenvalue weighted by molar-refractivity contribution is 0.373. The zero-order chi connectivity index (χ0) is 38.8. The van der Waals surface area contributed by atoms with E-state index in [2.05, 4.69) is 214 Å². The van der Waals surface area contributed by atoms with Crippen molar-refractivity contribution in [3.05, 3.63) is 188 Å². The van der Waals surface area contributed by atoms with Gasteiger partial charge in [0.15, 0.2) is 0 Å². The molecule has 0 aliphatic carbocycles. The highest BCUT2D eigenvalue weighted by molar-refractivity contribution is 6.09.